The molecule has 96 valence electrons. The van der Waals surface area contributed by atoms with E-state index >= 15 is 0 Å². The van der Waals surface area contributed by atoms with Crippen LogP contribution in [0.1, 0.15) is 6.92 Å². The van der Waals surface area contributed by atoms with Crippen molar-refractivity contribution in [1.82, 2.24) is 30.0 Å². The van der Waals surface area contributed by atoms with Gasteiger partial charge in [-0.3, -0.25) is 5.10 Å². The van der Waals surface area contributed by atoms with Crippen molar-refractivity contribution >= 4 is 5.95 Å². The molecule has 1 fully saturated rings. The number of H-pyrrole nitrogens is 1. The summed E-state index contributed by atoms with van der Waals surface area (Å²) in [5.41, 5.74) is 0.819. The van der Waals surface area contributed by atoms with Gasteiger partial charge < -0.3 is 14.8 Å². The third kappa shape index (κ3) is 2.08. The molecule has 0 saturated carbocycles. The maximum atomic E-state index is 4.51. The fraction of sp³-hybridized carbons (Fsp3) is 0.545. The Morgan fingerprint density at radius 3 is 3.06 bits per heavy atom. The quantitative estimate of drug-likeness (QED) is 0.781. The number of aromatic amines is 1. The molecule has 18 heavy (non-hydrogen) atoms. The zero-order valence-corrected chi connectivity index (χ0v) is 10.6. The minimum atomic E-state index is 0.468. The first-order valence-corrected chi connectivity index (χ1v) is 6.11. The number of nitrogens with one attached hydrogen (secondary N) is 2. The molecule has 0 amide bonds. The molecule has 1 unspecified atom stereocenters. The Hall–Kier alpha value is -1.89. The fourth-order valence-electron chi connectivity index (χ4n) is 2.16. The molecule has 7 heteroatoms. The van der Waals surface area contributed by atoms with Crippen molar-refractivity contribution in [2.24, 2.45) is 7.05 Å². The van der Waals surface area contributed by atoms with Gasteiger partial charge in [0.15, 0.2) is 5.82 Å². The lowest BCUT2D eigenvalue weighted by Gasteiger charge is -2.30. The molecular formula is C11H17N7. The van der Waals surface area contributed by atoms with Crippen molar-refractivity contribution < 1.29 is 0 Å². The third-order valence-corrected chi connectivity index (χ3v) is 3.07. The van der Waals surface area contributed by atoms with Gasteiger partial charge in [0.1, 0.15) is 5.69 Å². The van der Waals surface area contributed by atoms with Gasteiger partial charge in [-0.2, -0.15) is 4.98 Å². The van der Waals surface area contributed by atoms with E-state index in [9.17, 15) is 0 Å². The molecule has 7 nitrogen and oxygen atoms in total. The summed E-state index contributed by atoms with van der Waals surface area (Å²) in [6.45, 7) is 5.00. The van der Waals surface area contributed by atoms with Crippen molar-refractivity contribution in [1.29, 1.82) is 0 Å². The molecular weight excluding hydrogens is 230 g/mol. The molecule has 1 aliphatic rings. The SMILES string of the molecule is CC1CN(c2n[nH]c(-c3cn(C)cn3)n2)CCN1. The highest BCUT2D eigenvalue weighted by Crippen LogP contribution is 2.16. The normalized spacial score (nSPS) is 20.3. The van der Waals surface area contributed by atoms with Gasteiger partial charge in [-0.05, 0) is 6.92 Å². The Labute approximate surface area is 105 Å². The second-order valence-electron chi connectivity index (χ2n) is 4.71. The lowest BCUT2D eigenvalue weighted by atomic mass is 10.2. The molecule has 0 aliphatic carbocycles. The molecule has 3 rings (SSSR count). The van der Waals surface area contributed by atoms with Crippen molar-refractivity contribution in [3.8, 4) is 11.5 Å². The highest BCUT2D eigenvalue weighted by molar-refractivity contribution is 5.50. The van der Waals surface area contributed by atoms with Crippen LogP contribution in [0.4, 0.5) is 5.95 Å². The van der Waals surface area contributed by atoms with Crippen molar-refractivity contribution in [2.45, 2.75) is 13.0 Å². The number of rotatable bonds is 2. The maximum absolute atomic E-state index is 4.51. The Morgan fingerprint density at radius 1 is 1.44 bits per heavy atom. The Bertz CT molecular complexity index is 529. The van der Waals surface area contributed by atoms with Gasteiger partial charge >= 0.3 is 0 Å². The van der Waals surface area contributed by atoms with Gasteiger partial charge in [0, 0.05) is 38.9 Å². The van der Waals surface area contributed by atoms with Crippen LogP contribution in [0.2, 0.25) is 0 Å². The van der Waals surface area contributed by atoms with Gasteiger partial charge in [-0.25, -0.2) is 4.98 Å². The summed E-state index contributed by atoms with van der Waals surface area (Å²) in [4.78, 5) is 11.0. The Morgan fingerprint density at radius 2 is 2.33 bits per heavy atom. The first-order chi connectivity index (χ1) is 8.72. The molecule has 2 aromatic heterocycles. The van der Waals surface area contributed by atoms with Gasteiger partial charge in [-0.1, -0.05) is 0 Å². The highest BCUT2D eigenvalue weighted by Gasteiger charge is 2.19. The zero-order valence-electron chi connectivity index (χ0n) is 10.6. The number of imidazole rings is 1. The van der Waals surface area contributed by atoms with Crippen LogP contribution in [-0.4, -0.2) is 50.4 Å². The number of nitrogens with zero attached hydrogens (tertiary/aromatic N) is 5. The smallest absolute Gasteiger partial charge is 0.245 e. The van der Waals surface area contributed by atoms with Crippen LogP contribution >= 0.6 is 0 Å². The topological polar surface area (TPSA) is 74.7 Å². The van der Waals surface area contributed by atoms with Gasteiger partial charge in [0.05, 0.1) is 6.33 Å². The largest absolute Gasteiger partial charge is 0.340 e. The molecule has 2 N–H and O–H groups in total. The van der Waals surface area contributed by atoms with E-state index in [0.717, 1.165) is 37.1 Å². The number of anilines is 1. The van der Waals surface area contributed by atoms with E-state index < -0.39 is 0 Å². The van der Waals surface area contributed by atoms with E-state index in [0.29, 0.717) is 6.04 Å². The predicted octanol–water partition coefficient (Wildman–Crippen LogP) is 0.00330. The van der Waals surface area contributed by atoms with Gasteiger partial charge in [0.2, 0.25) is 5.95 Å². The lowest BCUT2D eigenvalue weighted by molar-refractivity contribution is 0.480. The molecule has 1 aliphatic heterocycles. The summed E-state index contributed by atoms with van der Waals surface area (Å²) >= 11 is 0. The molecule has 1 atom stereocenters. The number of hydrogen-bond acceptors (Lipinski definition) is 5. The van der Waals surface area contributed by atoms with Crippen LogP contribution in [-0.2, 0) is 7.05 Å². The molecule has 2 aromatic rings. The molecule has 0 bridgehead atoms. The second kappa shape index (κ2) is 4.41. The minimum Gasteiger partial charge on any atom is -0.340 e. The van der Waals surface area contributed by atoms with Crippen LogP contribution in [0.3, 0.4) is 0 Å². The monoisotopic (exact) mass is 247 g/mol. The molecule has 1 saturated heterocycles. The predicted molar refractivity (Wildman–Crippen MR) is 68.3 cm³/mol. The van der Waals surface area contributed by atoms with Crippen LogP contribution in [0.5, 0.6) is 0 Å². The summed E-state index contributed by atoms with van der Waals surface area (Å²) in [7, 11) is 1.94. The zero-order chi connectivity index (χ0) is 12.5. The number of aryl methyl sites for hydroxylation is 1. The fourth-order valence-corrected chi connectivity index (χ4v) is 2.16. The van der Waals surface area contributed by atoms with Crippen molar-refractivity contribution in [2.75, 3.05) is 24.5 Å². The average Bonchev–Trinajstić information content (AvgIpc) is 2.97. The summed E-state index contributed by atoms with van der Waals surface area (Å²) in [5, 5.41) is 10.6. The average molecular weight is 247 g/mol. The molecule has 0 spiro atoms. The van der Waals surface area contributed by atoms with Crippen molar-refractivity contribution in [3.05, 3.63) is 12.5 Å². The lowest BCUT2D eigenvalue weighted by Crippen LogP contribution is -2.49. The Kier molecular flexibility index (Phi) is 2.75. The summed E-state index contributed by atoms with van der Waals surface area (Å²) in [6, 6.07) is 0.468. The van der Waals surface area contributed by atoms with Crippen molar-refractivity contribution in [3.63, 3.8) is 0 Å². The summed E-state index contributed by atoms with van der Waals surface area (Å²) in [6.07, 6.45) is 3.68. The summed E-state index contributed by atoms with van der Waals surface area (Å²) in [5.74, 6) is 1.47. The van der Waals surface area contributed by atoms with E-state index in [4.69, 9.17) is 0 Å². The highest BCUT2D eigenvalue weighted by atomic mass is 15.4. The molecule has 0 aromatic carbocycles. The summed E-state index contributed by atoms with van der Waals surface area (Å²) < 4.78 is 1.89. The van der Waals surface area contributed by atoms with E-state index in [2.05, 4.69) is 37.3 Å². The van der Waals surface area contributed by atoms with Gasteiger partial charge in [0.25, 0.3) is 0 Å². The minimum absolute atomic E-state index is 0.468. The van der Waals surface area contributed by atoms with E-state index in [1.807, 2.05) is 17.8 Å². The Balaban J connectivity index is 1.80. The molecule has 3 heterocycles. The van der Waals surface area contributed by atoms with E-state index in [-0.39, 0.29) is 0 Å². The second-order valence-corrected chi connectivity index (χ2v) is 4.71. The first kappa shape index (κ1) is 11.2. The van der Waals surface area contributed by atoms with Gasteiger partial charge in [-0.15, -0.1) is 5.10 Å². The van der Waals surface area contributed by atoms with E-state index in [1.54, 1.807) is 6.33 Å². The first-order valence-electron chi connectivity index (χ1n) is 6.11. The number of aromatic nitrogens is 5. The standard InChI is InChI=1S/C11H17N7/c1-8-5-18(4-3-12-8)11-14-10(15-16-11)9-6-17(2)7-13-9/h6-8,12H,3-5H2,1-2H3,(H,14,15,16). The van der Waals surface area contributed by atoms with Crippen LogP contribution < -0.4 is 10.2 Å². The maximum Gasteiger partial charge on any atom is 0.245 e. The van der Waals surface area contributed by atoms with E-state index in [1.165, 1.54) is 0 Å². The van der Waals surface area contributed by atoms with Crippen LogP contribution in [0.15, 0.2) is 12.5 Å². The number of hydrogen-bond donors (Lipinski definition) is 2. The third-order valence-electron chi connectivity index (χ3n) is 3.07. The number of piperazine rings is 1. The molecule has 0 radical (unpaired) electrons. The van der Waals surface area contributed by atoms with Crippen LogP contribution in [0.25, 0.3) is 11.5 Å². The van der Waals surface area contributed by atoms with Crippen LogP contribution in [0, 0.1) is 0 Å².